The summed E-state index contributed by atoms with van der Waals surface area (Å²) < 4.78 is 0. The van der Waals surface area contributed by atoms with Crippen molar-refractivity contribution in [2.75, 3.05) is 31.9 Å². The highest BCUT2D eigenvalue weighted by Crippen LogP contribution is 2.22. The number of rotatable bonds is 8. The van der Waals surface area contributed by atoms with E-state index in [-0.39, 0.29) is 12.3 Å². The SMILES string of the molecule is CCCNC(=O)CSC1CCCN(CCC(=O)O)C1. The van der Waals surface area contributed by atoms with Gasteiger partial charge in [-0.2, -0.15) is 0 Å². The molecule has 1 amide bonds. The first-order valence-electron chi connectivity index (χ1n) is 6.94. The fourth-order valence-electron chi connectivity index (χ4n) is 2.11. The molecule has 0 saturated carbocycles. The van der Waals surface area contributed by atoms with Gasteiger partial charge in [-0.05, 0) is 25.8 Å². The third-order valence-electron chi connectivity index (χ3n) is 3.13. The van der Waals surface area contributed by atoms with Crippen LogP contribution in [0.2, 0.25) is 0 Å². The number of thioether (sulfide) groups is 1. The fourth-order valence-corrected chi connectivity index (χ4v) is 3.25. The first-order valence-corrected chi connectivity index (χ1v) is 7.99. The van der Waals surface area contributed by atoms with Crippen molar-refractivity contribution >= 4 is 23.6 Å². The lowest BCUT2D eigenvalue weighted by atomic mass is 10.1. The van der Waals surface area contributed by atoms with Crippen LogP contribution in [0.3, 0.4) is 0 Å². The smallest absolute Gasteiger partial charge is 0.304 e. The molecule has 5 nitrogen and oxygen atoms in total. The Morgan fingerprint density at radius 1 is 1.47 bits per heavy atom. The number of nitrogens with zero attached hydrogens (tertiary/aromatic N) is 1. The molecule has 1 saturated heterocycles. The van der Waals surface area contributed by atoms with E-state index >= 15 is 0 Å². The third-order valence-corrected chi connectivity index (χ3v) is 4.41. The topological polar surface area (TPSA) is 69.6 Å². The van der Waals surface area contributed by atoms with E-state index in [0.29, 0.717) is 17.5 Å². The van der Waals surface area contributed by atoms with Crippen molar-refractivity contribution in [3.05, 3.63) is 0 Å². The Hall–Kier alpha value is -0.750. The molecular formula is C13H24N2O3S. The fraction of sp³-hybridized carbons (Fsp3) is 0.846. The Balaban J connectivity index is 2.19. The van der Waals surface area contributed by atoms with Crippen molar-refractivity contribution in [2.45, 2.75) is 37.9 Å². The largest absolute Gasteiger partial charge is 0.481 e. The predicted molar refractivity (Wildman–Crippen MR) is 77.5 cm³/mol. The van der Waals surface area contributed by atoms with E-state index in [0.717, 1.165) is 38.9 Å². The number of carbonyl (C=O) groups is 2. The molecule has 1 rings (SSSR count). The van der Waals surface area contributed by atoms with Crippen LogP contribution in [0.5, 0.6) is 0 Å². The summed E-state index contributed by atoms with van der Waals surface area (Å²) in [6.07, 6.45) is 3.38. The van der Waals surface area contributed by atoms with Crippen molar-refractivity contribution in [3.63, 3.8) is 0 Å². The van der Waals surface area contributed by atoms with Crippen LogP contribution >= 0.6 is 11.8 Å². The van der Waals surface area contributed by atoms with Gasteiger partial charge in [0.05, 0.1) is 12.2 Å². The number of carboxylic acids is 1. The number of hydrogen-bond donors (Lipinski definition) is 2. The number of aliphatic carboxylic acids is 1. The van der Waals surface area contributed by atoms with E-state index in [1.54, 1.807) is 11.8 Å². The average molecular weight is 288 g/mol. The minimum atomic E-state index is -0.742. The highest BCUT2D eigenvalue weighted by atomic mass is 32.2. The Morgan fingerprint density at radius 3 is 2.95 bits per heavy atom. The van der Waals surface area contributed by atoms with Gasteiger partial charge in [0.2, 0.25) is 5.91 Å². The summed E-state index contributed by atoms with van der Waals surface area (Å²) in [5.74, 6) is -0.125. The van der Waals surface area contributed by atoms with Crippen LogP contribution in [0.4, 0.5) is 0 Å². The van der Waals surface area contributed by atoms with Crippen LogP contribution in [0.1, 0.15) is 32.6 Å². The van der Waals surface area contributed by atoms with Gasteiger partial charge in [-0.25, -0.2) is 0 Å². The summed E-state index contributed by atoms with van der Waals surface area (Å²) in [4.78, 5) is 24.3. The van der Waals surface area contributed by atoms with E-state index in [2.05, 4.69) is 10.2 Å². The predicted octanol–water partition coefficient (Wildman–Crippen LogP) is 1.18. The van der Waals surface area contributed by atoms with E-state index in [4.69, 9.17) is 5.11 Å². The van der Waals surface area contributed by atoms with E-state index < -0.39 is 5.97 Å². The summed E-state index contributed by atoms with van der Waals surface area (Å²) >= 11 is 1.69. The molecular weight excluding hydrogens is 264 g/mol. The Kier molecular flexibility index (Phi) is 7.90. The molecule has 0 aliphatic carbocycles. The molecule has 0 aromatic carbocycles. The first-order chi connectivity index (χ1) is 9.11. The van der Waals surface area contributed by atoms with Gasteiger partial charge in [-0.1, -0.05) is 6.92 Å². The minimum Gasteiger partial charge on any atom is -0.481 e. The van der Waals surface area contributed by atoms with E-state index in [1.807, 2.05) is 6.92 Å². The normalized spacial score (nSPS) is 20.2. The number of likely N-dealkylation sites (tertiary alicyclic amines) is 1. The van der Waals surface area contributed by atoms with Gasteiger partial charge < -0.3 is 15.3 Å². The summed E-state index contributed by atoms with van der Waals surface area (Å²) in [6.45, 7) is 5.28. The van der Waals surface area contributed by atoms with Gasteiger partial charge in [-0.3, -0.25) is 9.59 Å². The van der Waals surface area contributed by atoms with Crippen molar-refractivity contribution in [3.8, 4) is 0 Å². The summed E-state index contributed by atoms with van der Waals surface area (Å²) in [5.41, 5.74) is 0. The molecule has 0 spiro atoms. The van der Waals surface area contributed by atoms with Gasteiger partial charge in [0.15, 0.2) is 0 Å². The third kappa shape index (κ3) is 7.42. The molecule has 6 heteroatoms. The number of nitrogens with one attached hydrogen (secondary N) is 1. The maximum absolute atomic E-state index is 11.5. The Bertz CT molecular complexity index is 300. The molecule has 0 radical (unpaired) electrons. The maximum atomic E-state index is 11.5. The van der Waals surface area contributed by atoms with Gasteiger partial charge in [0.1, 0.15) is 0 Å². The number of hydrogen-bond acceptors (Lipinski definition) is 4. The molecule has 0 bridgehead atoms. The summed E-state index contributed by atoms with van der Waals surface area (Å²) in [5, 5.41) is 12.0. The second kappa shape index (κ2) is 9.20. The lowest BCUT2D eigenvalue weighted by molar-refractivity contribution is -0.137. The Labute approximate surface area is 119 Å². The zero-order valence-electron chi connectivity index (χ0n) is 11.6. The molecule has 1 heterocycles. The number of carbonyl (C=O) groups excluding carboxylic acids is 1. The van der Waals surface area contributed by atoms with Crippen LogP contribution < -0.4 is 5.32 Å². The average Bonchev–Trinajstić information content (AvgIpc) is 2.41. The first kappa shape index (κ1) is 16.3. The van der Waals surface area contributed by atoms with Crippen molar-refractivity contribution in [1.82, 2.24) is 10.2 Å². The van der Waals surface area contributed by atoms with E-state index in [9.17, 15) is 9.59 Å². The molecule has 110 valence electrons. The zero-order chi connectivity index (χ0) is 14.1. The number of piperidine rings is 1. The monoisotopic (exact) mass is 288 g/mol. The molecule has 0 aromatic heterocycles. The molecule has 1 aliphatic rings. The lowest BCUT2D eigenvalue weighted by Gasteiger charge is -2.31. The van der Waals surface area contributed by atoms with E-state index in [1.165, 1.54) is 0 Å². The van der Waals surface area contributed by atoms with Crippen molar-refractivity contribution in [2.24, 2.45) is 0 Å². The van der Waals surface area contributed by atoms with Crippen LogP contribution in [-0.4, -0.2) is 59.1 Å². The minimum absolute atomic E-state index is 0.106. The number of carboxylic acid groups (broad SMARTS) is 1. The maximum Gasteiger partial charge on any atom is 0.304 e. The van der Waals surface area contributed by atoms with Crippen LogP contribution in [0.15, 0.2) is 0 Å². The van der Waals surface area contributed by atoms with Crippen LogP contribution in [0, 0.1) is 0 Å². The molecule has 19 heavy (non-hydrogen) atoms. The van der Waals surface area contributed by atoms with Gasteiger partial charge in [-0.15, -0.1) is 11.8 Å². The molecule has 1 atom stereocenters. The summed E-state index contributed by atoms with van der Waals surface area (Å²) in [6, 6.07) is 0. The summed E-state index contributed by atoms with van der Waals surface area (Å²) in [7, 11) is 0. The highest BCUT2D eigenvalue weighted by Gasteiger charge is 2.21. The standard InChI is InChI=1S/C13H24N2O3S/c1-2-6-14-12(16)10-19-11-4-3-7-15(9-11)8-5-13(17)18/h11H,2-10H2,1H3,(H,14,16)(H,17,18). The van der Waals surface area contributed by atoms with Gasteiger partial charge in [0.25, 0.3) is 0 Å². The molecule has 1 unspecified atom stereocenters. The van der Waals surface area contributed by atoms with Crippen molar-refractivity contribution in [1.29, 1.82) is 0 Å². The van der Waals surface area contributed by atoms with Crippen LogP contribution in [-0.2, 0) is 9.59 Å². The highest BCUT2D eigenvalue weighted by molar-refractivity contribution is 8.00. The Morgan fingerprint density at radius 2 is 2.26 bits per heavy atom. The molecule has 2 N–H and O–H groups in total. The van der Waals surface area contributed by atoms with Crippen LogP contribution in [0.25, 0.3) is 0 Å². The molecule has 1 fully saturated rings. The zero-order valence-corrected chi connectivity index (χ0v) is 12.4. The quantitative estimate of drug-likeness (QED) is 0.702. The van der Waals surface area contributed by atoms with Gasteiger partial charge in [0, 0.05) is 24.9 Å². The molecule has 1 aliphatic heterocycles. The number of amides is 1. The lowest BCUT2D eigenvalue weighted by Crippen LogP contribution is -2.39. The second-order valence-corrected chi connectivity index (χ2v) is 6.16. The van der Waals surface area contributed by atoms with Crippen molar-refractivity contribution < 1.29 is 14.7 Å². The van der Waals surface area contributed by atoms with Gasteiger partial charge >= 0.3 is 5.97 Å². The second-order valence-electron chi connectivity index (χ2n) is 4.87. The molecule has 0 aromatic rings.